The van der Waals surface area contributed by atoms with Gasteiger partial charge in [-0.25, -0.2) is 8.42 Å². The number of fused-ring (bicyclic) bond motifs is 1. The van der Waals surface area contributed by atoms with Gasteiger partial charge in [-0.1, -0.05) is 18.2 Å². The van der Waals surface area contributed by atoms with E-state index in [4.69, 9.17) is 4.74 Å². The Kier molecular flexibility index (Phi) is 5.99. The molecule has 2 heterocycles. The number of sulfonamides is 1. The number of hydrogen-bond acceptors (Lipinski definition) is 5. The Balaban J connectivity index is 1.48. The molecule has 2 aromatic rings. The number of likely N-dealkylation sites (tertiary alicyclic amines) is 1. The third kappa shape index (κ3) is 4.45. The number of phenols is 1. The quantitative estimate of drug-likeness (QED) is 0.725. The molecule has 0 spiro atoms. The second kappa shape index (κ2) is 8.53. The van der Waals surface area contributed by atoms with Crippen LogP contribution in [0.4, 0.5) is 4.39 Å². The van der Waals surface area contributed by atoms with Crippen LogP contribution in [0.2, 0.25) is 0 Å². The standard InChI is InChI=1S/C22H27FN2O4S/c1-30(27,28)25-9-8-18-12-19(26)4-7-21(18)22(25)17-2-5-20(6-3-17)29-11-10-24-14-16(13-23)15-24/h2-7,12,16,22,26H,8-11,13-15H2,1H3/t22-/m1/s1. The maximum atomic E-state index is 12.5. The number of halogens is 1. The molecule has 162 valence electrons. The van der Waals surface area contributed by atoms with Gasteiger partial charge in [0.2, 0.25) is 10.0 Å². The Morgan fingerprint density at radius 3 is 2.57 bits per heavy atom. The van der Waals surface area contributed by atoms with Crippen LogP contribution in [-0.2, 0) is 16.4 Å². The predicted molar refractivity (Wildman–Crippen MR) is 113 cm³/mol. The Labute approximate surface area is 176 Å². The molecule has 0 bridgehead atoms. The molecule has 0 saturated carbocycles. The highest BCUT2D eigenvalue weighted by molar-refractivity contribution is 7.88. The molecule has 1 saturated heterocycles. The highest BCUT2D eigenvalue weighted by atomic mass is 32.2. The summed E-state index contributed by atoms with van der Waals surface area (Å²) in [6.45, 7) is 2.98. The van der Waals surface area contributed by atoms with E-state index in [1.54, 1.807) is 18.2 Å². The van der Waals surface area contributed by atoms with Crippen LogP contribution in [0.5, 0.6) is 11.5 Å². The molecule has 30 heavy (non-hydrogen) atoms. The van der Waals surface area contributed by atoms with Crippen molar-refractivity contribution in [3.8, 4) is 11.5 Å². The summed E-state index contributed by atoms with van der Waals surface area (Å²) in [4.78, 5) is 2.16. The molecule has 2 aliphatic heterocycles. The van der Waals surface area contributed by atoms with Gasteiger partial charge < -0.3 is 9.84 Å². The van der Waals surface area contributed by atoms with Gasteiger partial charge in [0.05, 0.1) is 19.0 Å². The van der Waals surface area contributed by atoms with Crippen LogP contribution in [0.25, 0.3) is 0 Å². The monoisotopic (exact) mass is 434 g/mol. The third-order valence-electron chi connectivity index (χ3n) is 5.86. The van der Waals surface area contributed by atoms with E-state index in [1.165, 1.54) is 10.6 Å². The van der Waals surface area contributed by atoms with Crippen LogP contribution >= 0.6 is 0 Å². The average molecular weight is 435 g/mol. The molecule has 0 amide bonds. The molecule has 1 atom stereocenters. The summed E-state index contributed by atoms with van der Waals surface area (Å²) in [5.74, 6) is 1.07. The highest BCUT2D eigenvalue weighted by Crippen LogP contribution is 2.38. The van der Waals surface area contributed by atoms with Gasteiger partial charge in [-0.3, -0.25) is 9.29 Å². The molecular formula is C22H27FN2O4S. The Bertz CT molecular complexity index is 991. The van der Waals surface area contributed by atoms with Crippen LogP contribution in [0, 0.1) is 5.92 Å². The smallest absolute Gasteiger partial charge is 0.212 e. The Hall–Kier alpha value is -2.16. The SMILES string of the molecule is CS(=O)(=O)N1CCc2cc(O)ccc2[C@H]1c1ccc(OCCN2CC(CF)C2)cc1. The van der Waals surface area contributed by atoms with Gasteiger partial charge in [-0.2, -0.15) is 4.31 Å². The molecule has 2 aliphatic rings. The minimum Gasteiger partial charge on any atom is -0.508 e. The molecule has 0 aromatic heterocycles. The number of phenolic OH excluding ortho intramolecular Hbond substituents is 1. The van der Waals surface area contributed by atoms with E-state index in [0.717, 1.165) is 36.3 Å². The summed E-state index contributed by atoms with van der Waals surface area (Å²) >= 11 is 0. The normalized spacial score (nSPS) is 20.5. The van der Waals surface area contributed by atoms with Crippen LogP contribution < -0.4 is 4.74 Å². The minimum absolute atomic E-state index is 0.169. The molecule has 0 unspecified atom stereocenters. The van der Waals surface area contributed by atoms with Crippen LogP contribution in [0.15, 0.2) is 42.5 Å². The number of aromatic hydroxyl groups is 1. The Morgan fingerprint density at radius 1 is 1.17 bits per heavy atom. The average Bonchev–Trinajstić information content (AvgIpc) is 2.68. The van der Waals surface area contributed by atoms with E-state index in [0.29, 0.717) is 25.3 Å². The fraction of sp³-hybridized carbons (Fsp3) is 0.455. The Morgan fingerprint density at radius 2 is 1.90 bits per heavy atom. The number of rotatable bonds is 7. The molecule has 0 radical (unpaired) electrons. The summed E-state index contributed by atoms with van der Waals surface area (Å²) in [6.07, 6.45) is 1.79. The largest absolute Gasteiger partial charge is 0.508 e. The van der Waals surface area contributed by atoms with E-state index in [9.17, 15) is 17.9 Å². The number of hydrogen-bond donors (Lipinski definition) is 1. The second-order valence-electron chi connectivity index (χ2n) is 8.11. The van der Waals surface area contributed by atoms with Crippen molar-refractivity contribution in [3.05, 3.63) is 59.2 Å². The summed E-state index contributed by atoms with van der Waals surface area (Å²) in [5, 5.41) is 9.81. The van der Waals surface area contributed by atoms with E-state index in [2.05, 4.69) is 4.90 Å². The van der Waals surface area contributed by atoms with Crippen molar-refractivity contribution in [1.29, 1.82) is 0 Å². The van der Waals surface area contributed by atoms with Crippen molar-refractivity contribution in [1.82, 2.24) is 9.21 Å². The zero-order valence-electron chi connectivity index (χ0n) is 17.0. The van der Waals surface area contributed by atoms with Crippen LogP contribution in [0.1, 0.15) is 22.7 Å². The van der Waals surface area contributed by atoms with Crippen molar-refractivity contribution in [2.75, 3.05) is 45.7 Å². The molecule has 1 N–H and O–H groups in total. The second-order valence-corrected chi connectivity index (χ2v) is 10.0. The van der Waals surface area contributed by atoms with Gasteiger partial charge in [0, 0.05) is 32.1 Å². The van der Waals surface area contributed by atoms with Gasteiger partial charge >= 0.3 is 0 Å². The molecule has 8 heteroatoms. The molecular weight excluding hydrogens is 407 g/mol. The lowest BCUT2D eigenvalue weighted by atomic mass is 9.89. The first kappa shape index (κ1) is 21.1. The van der Waals surface area contributed by atoms with Gasteiger partial charge in [-0.05, 0) is 47.4 Å². The van der Waals surface area contributed by atoms with E-state index in [-0.39, 0.29) is 18.3 Å². The molecule has 0 aliphatic carbocycles. The summed E-state index contributed by atoms with van der Waals surface area (Å²) in [7, 11) is -3.41. The first-order valence-electron chi connectivity index (χ1n) is 10.1. The number of benzene rings is 2. The van der Waals surface area contributed by atoms with Crippen molar-refractivity contribution < 1.29 is 22.7 Å². The lowest BCUT2D eigenvalue weighted by Crippen LogP contribution is -2.49. The summed E-state index contributed by atoms with van der Waals surface area (Å²) in [5.41, 5.74) is 2.70. The van der Waals surface area contributed by atoms with Gasteiger partial charge in [-0.15, -0.1) is 0 Å². The van der Waals surface area contributed by atoms with Crippen molar-refractivity contribution in [2.45, 2.75) is 12.5 Å². The highest BCUT2D eigenvalue weighted by Gasteiger charge is 2.34. The topological polar surface area (TPSA) is 70.1 Å². The minimum atomic E-state index is -3.41. The molecule has 4 rings (SSSR count). The number of nitrogens with zero attached hydrogens (tertiary/aromatic N) is 2. The van der Waals surface area contributed by atoms with Crippen LogP contribution in [-0.4, -0.2) is 68.4 Å². The maximum absolute atomic E-state index is 12.5. The zero-order valence-corrected chi connectivity index (χ0v) is 17.8. The van der Waals surface area contributed by atoms with Gasteiger partial charge in [0.25, 0.3) is 0 Å². The number of ether oxygens (including phenoxy) is 1. The predicted octanol–water partition coefficient (Wildman–Crippen LogP) is 2.58. The van der Waals surface area contributed by atoms with Crippen LogP contribution in [0.3, 0.4) is 0 Å². The maximum Gasteiger partial charge on any atom is 0.212 e. The first-order valence-corrected chi connectivity index (χ1v) is 12.0. The van der Waals surface area contributed by atoms with Crippen molar-refractivity contribution >= 4 is 10.0 Å². The van der Waals surface area contributed by atoms with Gasteiger partial charge in [0.15, 0.2) is 0 Å². The summed E-state index contributed by atoms with van der Waals surface area (Å²) < 4.78 is 44.6. The first-order chi connectivity index (χ1) is 14.3. The molecule has 1 fully saturated rings. The fourth-order valence-corrected chi connectivity index (χ4v) is 5.33. The zero-order chi connectivity index (χ0) is 21.3. The lowest BCUT2D eigenvalue weighted by molar-refractivity contribution is 0.0668. The third-order valence-corrected chi connectivity index (χ3v) is 7.11. The molecule has 6 nitrogen and oxygen atoms in total. The van der Waals surface area contributed by atoms with E-state index < -0.39 is 16.1 Å². The van der Waals surface area contributed by atoms with E-state index in [1.807, 2.05) is 24.3 Å². The number of alkyl halides is 1. The fourth-order valence-electron chi connectivity index (χ4n) is 4.29. The van der Waals surface area contributed by atoms with E-state index >= 15 is 0 Å². The van der Waals surface area contributed by atoms with Crippen molar-refractivity contribution in [2.24, 2.45) is 5.92 Å². The van der Waals surface area contributed by atoms with Crippen molar-refractivity contribution in [3.63, 3.8) is 0 Å². The van der Waals surface area contributed by atoms with Gasteiger partial charge in [0.1, 0.15) is 18.1 Å². The molecule has 2 aromatic carbocycles. The summed E-state index contributed by atoms with van der Waals surface area (Å²) in [6, 6.07) is 12.2. The lowest BCUT2D eigenvalue weighted by Gasteiger charge is -2.37.